The standard InChI is InChI=1S/C12H19N/c1-2-3-6-10-13-11-9-12-7-4-5-8-12/h1,7,13H,3-6,8-11H2. The van der Waals surface area contributed by atoms with Crippen LogP contribution in [-0.2, 0) is 0 Å². The van der Waals surface area contributed by atoms with Crippen molar-refractivity contribution in [3.8, 4) is 12.3 Å². The highest BCUT2D eigenvalue weighted by molar-refractivity contribution is 5.07. The van der Waals surface area contributed by atoms with Crippen molar-refractivity contribution in [1.29, 1.82) is 0 Å². The van der Waals surface area contributed by atoms with Crippen LogP contribution < -0.4 is 5.32 Å². The third-order valence-corrected chi connectivity index (χ3v) is 2.43. The average Bonchev–Trinajstić information content (AvgIpc) is 2.63. The fraction of sp³-hybridized carbons (Fsp3) is 0.667. The molecule has 0 amide bonds. The highest BCUT2D eigenvalue weighted by atomic mass is 14.8. The average molecular weight is 177 g/mol. The minimum Gasteiger partial charge on any atom is -0.316 e. The Morgan fingerprint density at radius 1 is 1.46 bits per heavy atom. The summed E-state index contributed by atoms with van der Waals surface area (Å²) in [4.78, 5) is 0. The molecule has 0 bridgehead atoms. The Morgan fingerprint density at radius 2 is 2.38 bits per heavy atom. The Hall–Kier alpha value is -0.740. The number of allylic oxidation sites excluding steroid dienone is 1. The van der Waals surface area contributed by atoms with Crippen LogP contribution in [0.5, 0.6) is 0 Å². The summed E-state index contributed by atoms with van der Waals surface area (Å²) >= 11 is 0. The second kappa shape index (κ2) is 6.74. The quantitative estimate of drug-likeness (QED) is 0.373. The third-order valence-electron chi connectivity index (χ3n) is 2.43. The molecule has 0 spiro atoms. The molecule has 0 saturated carbocycles. The predicted molar refractivity (Wildman–Crippen MR) is 57.5 cm³/mol. The Bertz CT molecular complexity index is 198. The zero-order valence-corrected chi connectivity index (χ0v) is 8.31. The first kappa shape index (κ1) is 10.3. The van der Waals surface area contributed by atoms with Crippen molar-refractivity contribution in [3.63, 3.8) is 0 Å². The van der Waals surface area contributed by atoms with Crippen LogP contribution in [0.4, 0.5) is 0 Å². The SMILES string of the molecule is C#CCCCNCCC1=CCCC1. The van der Waals surface area contributed by atoms with Crippen molar-refractivity contribution in [2.45, 2.75) is 38.5 Å². The summed E-state index contributed by atoms with van der Waals surface area (Å²) in [6, 6.07) is 0. The lowest BCUT2D eigenvalue weighted by Crippen LogP contribution is -2.16. The summed E-state index contributed by atoms with van der Waals surface area (Å²) in [6.45, 7) is 2.19. The summed E-state index contributed by atoms with van der Waals surface area (Å²) < 4.78 is 0. The van der Waals surface area contributed by atoms with E-state index in [0.717, 1.165) is 25.9 Å². The van der Waals surface area contributed by atoms with Crippen molar-refractivity contribution in [3.05, 3.63) is 11.6 Å². The highest BCUT2D eigenvalue weighted by Gasteiger charge is 2.02. The molecular formula is C12H19N. The Morgan fingerprint density at radius 3 is 3.08 bits per heavy atom. The van der Waals surface area contributed by atoms with Crippen molar-refractivity contribution >= 4 is 0 Å². The van der Waals surface area contributed by atoms with Gasteiger partial charge in [0, 0.05) is 6.42 Å². The molecule has 0 unspecified atom stereocenters. The first-order valence-corrected chi connectivity index (χ1v) is 5.25. The molecule has 1 N–H and O–H groups in total. The molecule has 72 valence electrons. The van der Waals surface area contributed by atoms with E-state index in [1.54, 1.807) is 5.57 Å². The van der Waals surface area contributed by atoms with E-state index in [9.17, 15) is 0 Å². The van der Waals surface area contributed by atoms with E-state index in [1.165, 1.54) is 25.7 Å². The van der Waals surface area contributed by atoms with Gasteiger partial charge in [-0.05, 0) is 45.2 Å². The number of hydrogen-bond donors (Lipinski definition) is 1. The fourth-order valence-corrected chi connectivity index (χ4v) is 1.65. The van der Waals surface area contributed by atoms with Crippen LogP contribution >= 0.6 is 0 Å². The number of nitrogens with one attached hydrogen (secondary N) is 1. The second-order valence-corrected chi connectivity index (χ2v) is 3.56. The molecule has 13 heavy (non-hydrogen) atoms. The van der Waals surface area contributed by atoms with Gasteiger partial charge in [-0.1, -0.05) is 11.6 Å². The number of hydrogen-bond acceptors (Lipinski definition) is 1. The lowest BCUT2D eigenvalue weighted by molar-refractivity contribution is 0.649. The molecule has 0 aromatic rings. The topological polar surface area (TPSA) is 12.0 Å². The molecule has 1 aliphatic rings. The number of unbranched alkanes of at least 4 members (excludes halogenated alkanes) is 1. The lowest BCUT2D eigenvalue weighted by atomic mass is 10.2. The van der Waals surface area contributed by atoms with Gasteiger partial charge in [-0.2, -0.15) is 0 Å². The van der Waals surface area contributed by atoms with Crippen LogP contribution in [-0.4, -0.2) is 13.1 Å². The van der Waals surface area contributed by atoms with E-state index in [-0.39, 0.29) is 0 Å². The normalized spacial score (nSPS) is 15.5. The van der Waals surface area contributed by atoms with Gasteiger partial charge in [-0.3, -0.25) is 0 Å². The molecule has 0 heterocycles. The van der Waals surface area contributed by atoms with Crippen molar-refractivity contribution in [2.24, 2.45) is 0 Å². The zero-order valence-electron chi connectivity index (χ0n) is 8.31. The largest absolute Gasteiger partial charge is 0.316 e. The summed E-state index contributed by atoms with van der Waals surface area (Å²) in [6.07, 6.45) is 14.8. The van der Waals surface area contributed by atoms with Gasteiger partial charge < -0.3 is 5.32 Å². The van der Waals surface area contributed by atoms with Gasteiger partial charge in [0.15, 0.2) is 0 Å². The first-order valence-electron chi connectivity index (χ1n) is 5.25. The first-order chi connectivity index (χ1) is 6.43. The predicted octanol–water partition coefficient (Wildman–Crippen LogP) is 2.49. The van der Waals surface area contributed by atoms with Crippen molar-refractivity contribution in [1.82, 2.24) is 5.32 Å². The molecule has 0 aliphatic heterocycles. The third kappa shape index (κ3) is 4.75. The fourth-order valence-electron chi connectivity index (χ4n) is 1.65. The smallest absolute Gasteiger partial charge is 0.00981 e. The van der Waals surface area contributed by atoms with Crippen LogP contribution in [0.15, 0.2) is 11.6 Å². The molecule has 1 aliphatic carbocycles. The maximum absolute atomic E-state index is 5.16. The van der Waals surface area contributed by atoms with Gasteiger partial charge in [0.1, 0.15) is 0 Å². The maximum Gasteiger partial charge on any atom is 0.00981 e. The van der Waals surface area contributed by atoms with E-state index < -0.39 is 0 Å². The second-order valence-electron chi connectivity index (χ2n) is 3.56. The van der Waals surface area contributed by atoms with E-state index in [0.29, 0.717) is 0 Å². The summed E-state index contributed by atoms with van der Waals surface area (Å²) in [5.41, 5.74) is 1.64. The summed E-state index contributed by atoms with van der Waals surface area (Å²) in [5, 5.41) is 3.41. The van der Waals surface area contributed by atoms with E-state index in [1.807, 2.05) is 0 Å². The van der Waals surface area contributed by atoms with Crippen molar-refractivity contribution < 1.29 is 0 Å². The molecule has 0 saturated heterocycles. The van der Waals surface area contributed by atoms with Gasteiger partial charge in [-0.25, -0.2) is 0 Å². The molecule has 1 heteroatoms. The molecule has 0 aromatic heterocycles. The van der Waals surface area contributed by atoms with E-state index in [4.69, 9.17) is 6.42 Å². The highest BCUT2D eigenvalue weighted by Crippen LogP contribution is 2.19. The lowest BCUT2D eigenvalue weighted by Gasteiger charge is -2.03. The van der Waals surface area contributed by atoms with E-state index >= 15 is 0 Å². The summed E-state index contributed by atoms with van der Waals surface area (Å²) in [5.74, 6) is 2.65. The number of terminal acetylenes is 1. The molecule has 0 aromatic carbocycles. The molecular weight excluding hydrogens is 158 g/mol. The Kier molecular flexibility index (Phi) is 5.36. The Balaban J connectivity index is 1.87. The minimum absolute atomic E-state index is 0.899. The summed E-state index contributed by atoms with van der Waals surface area (Å²) in [7, 11) is 0. The molecule has 0 atom stereocenters. The Labute approximate surface area is 81.6 Å². The van der Waals surface area contributed by atoms with Crippen molar-refractivity contribution in [2.75, 3.05) is 13.1 Å². The van der Waals surface area contributed by atoms with Gasteiger partial charge in [0.25, 0.3) is 0 Å². The van der Waals surface area contributed by atoms with Gasteiger partial charge in [0.05, 0.1) is 0 Å². The number of rotatable bonds is 6. The molecule has 1 nitrogen and oxygen atoms in total. The zero-order chi connectivity index (χ0) is 9.36. The van der Waals surface area contributed by atoms with Gasteiger partial charge in [0.2, 0.25) is 0 Å². The van der Waals surface area contributed by atoms with Crippen LogP contribution in [0.25, 0.3) is 0 Å². The maximum atomic E-state index is 5.16. The molecule has 0 fully saturated rings. The van der Waals surface area contributed by atoms with Crippen LogP contribution in [0.3, 0.4) is 0 Å². The molecule has 0 radical (unpaired) electrons. The van der Waals surface area contributed by atoms with Crippen LogP contribution in [0.1, 0.15) is 38.5 Å². The van der Waals surface area contributed by atoms with Gasteiger partial charge >= 0.3 is 0 Å². The molecule has 1 rings (SSSR count). The minimum atomic E-state index is 0.899. The van der Waals surface area contributed by atoms with Gasteiger partial charge in [-0.15, -0.1) is 12.3 Å². The van der Waals surface area contributed by atoms with Crippen LogP contribution in [0.2, 0.25) is 0 Å². The van der Waals surface area contributed by atoms with E-state index in [2.05, 4.69) is 17.3 Å². The van der Waals surface area contributed by atoms with Crippen LogP contribution in [0, 0.1) is 12.3 Å². The monoisotopic (exact) mass is 177 g/mol.